The Balaban J connectivity index is 1.26. The first-order valence-corrected chi connectivity index (χ1v) is 15.9. The van der Waals surface area contributed by atoms with E-state index in [-0.39, 0.29) is 5.56 Å². The Labute approximate surface area is 233 Å². The van der Waals surface area contributed by atoms with E-state index >= 15 is 0 Å². The SMILES string of the molecule is O=c1[nH]c(N2CCN(c3ccc(C(F)(F)F)cn3)CC2)nc([AsH][C@@H]2CCCNC2)c1-c1nc2ccccc2s1. The first kappa shape index (κ1) is 26.3. The molecule has 2 saturated heterocycles. The maximum atomic E-state index is 13.6. The fourth-order valence-corrected chi connectivity index (χ4v) is 9.35. The molecular formula is C26H27AsF3N7OS. The second-order valence-corrected chi connectivity index (χ2v) is 14.0. The predicted octanol–water partition coefficient (Wildman–Crippen LogP) is 3.02. The van der Waals surface area contributed by atoms with Crippen molar-refractivity contribution in [3.05, 3.63) is 58.5 Å². The Hall–Kier alpha value is -2.95. The van der Waals surface area contributed by atoms with Crippen LogP contribution in [0.25, 0.3) is 20.8 Å². The van der Waals surface area contributed by atoms with E-state index in [0.717, 1.165) is 52.9 Å². The molecule has 2 N–H and O–H groups in total. The molecule has 0 bridgehead atoms. The number of halogens is 3. The van der Waals surface area contributed by atoms with E-state index in [4.69, 9.17) is 9.97 Å². The molecule has 5 heterocycles. The second-order valence-electron chi connectivity index (χ2n) is 9.66. The summed E-state index contributed by atoms with van der Waals surface area (Å²) in [7, 11) is 0. The van der Waals surface area contributed by atoms with Crippen LogP contribution < -0.4 is 25.2 Å². The number of alkyl halides is 3. The quantitative estimate of drug-likeness (QED) is 0.333. The number of H-pyrrole nitrogens is 1. The van der Waals surface area contributed by atoms with Crippen LogP contribution in [0.5, 0.6) is 0 Å². The van der Waals surface area contributed by atoms with Gasteiger partial charge in [0.15, 0.2) is 0 Å². The number of aromatic nitrogens is 4. The summed E-state index contributed by atoms with van der Waals surface area (Å²) in [5.41, 5.74) is 0.537. The summed E-state index contributed by atoms with van der Waals surface area (Å²) in [6.07, 6.45) is -1.28. The van der Waals surface area contributed by atoms with Gasteiger partial charge in [-0.25, -0.2) is 0 Å². The third kappa shape index (κ3) is 5.69. The standard InChI is InChI=1S/C26H27AsF3N7OS/c28-26(29,30)16-7-8-20(32-14-16)36-10-12-37(13-11-36)25-34-22(27-17-4-3-9-31-15-17)21(23(38)35-25)24-33-18-5-1-2-6-19(18)39-24/h1-2,5-8,14,17,27,31H,3-4,9-13,15H2,(H,34,35,38)/t17-/m1/s1. The number of pyridine rings is 1. The van der Waals surface area contributed by atoms with Crippen molar-refractivity contribution in [1.82, 2.24) is 25.3 Å². The zero-order valence-corrected chi connectivity index (χ0v) is 23.9. The molecule has 204 valence electrons. The molecule has 1 aromatic carbocycles. The summed E-state index contributed by atoms with van der Waals surface area (Å²) in [6.45, 7) is 4.22. The molecule has 0 amide bonds. The first-order valence-electron chi connectivity index (χ1n) is 12.9. The van der Waals surface area contributed by atoms with Gasteiger partial charge >= 0.3 is 221 Å². The molecule has 2 aliphatic rings. The van der Waals surface area contributed by atoms with Crippen LogP contribution in [0.15, 0.2) is 47.4 Å². The van der Waals surface area contributed by atoms with Crippen molar-refractivity contribution in [2.24, 2.45) is 0 Å². The topological polar surface area (TPSA) is 90.0 Å². The number of fused-ring (bicyclic) bond motifs is 1. The first-order chi connectivity index (χ1) is 18.8. The number of piperazine rings is 1. The summed E-state index contributed by atoms with van der Waals surface area (Å²) in [5, 5.41) is 4.19. The molecule has 0 radical (unpaired) electrons. The molecule has 8 nitrogen and oxygen atoms in total. The number of para-hydroxylation sites is 1. The number of hydrogen-bond donors (Lipinski definition) is 2. The average Bonchev–Trinajstić information content (AvgIpc) is 3.37. The van der Waals surface area contributed by atoms with Crippen molar-refractivity contribution >= 4 is 53.6 Å². The Kier molecular flexibility index (Phi) is 7.35. The summed E-state index contributed by atoms with van der Waals surface area (Å²) in [5.74, 6) is 1.06. The van der Waals surface area contributed by atoms with Crippen LogP contribution in [-0.4, -0.2) is 75.0 Å². The van der Waals surface area contributed by atoms with Crippen LogP contribution in [-0.2, 0) is 6.18 Å². The minimum atomic E-state index is -4.41. The number of nitrogens with one attached hydrogen (secondary N) is 2. The van der Waals surface area contributed by atoms with Crippen LogP contribution in [0.1, 0.15) is 18.4 Å². The van der Waals surface area contributed by atoms with Gasteiger partial charge in [-0.3, -0.25) is 0 Å². The van der Waals surface area contributed by atoms with E-state index in [9.17, 15) is 18.0 Å². The zero-order chi connectivity index (χ0) is 27.0. The van der Waals surface area contributed by atoms with Gasteiger partial charge < -0.3 is 0 Å². The summed E-state index contributed by atoms with van der Waals surface area (Å²) < 4.78 is 41.1. The molecule has 6 rings (SSSR count). The van der Waals surface area contributed by atoms with E-state index in [1.54, 1.807) is 0 Å². The van der Waals surface area contributed by atoms with Crippen molar-refractivity contribution in [2.75, 3.05) is 49.1 Å². The van der Waals surface area contributed by atoms with Crippen molar-refractivity contribution < 1.29 is 13.2 Å². The van der Waals surface area contributed by atoms with Crippen molar-refractivity contribution in [3.8, 4) is 10.6 Å². The van der Waals surface area contributed by atoms with E-state index in [0.29, 0.717) is 53.2 Å². The van der Waals surface area contributed by atoms with E-state index in [2.05, 4.69) is 15.3 Å². The summed E-state index contributed by atoms with van der Waals surface area (Å²) in [4.78, 5) is 34.4. The van der Waals surface area contributed by atoms with E-state index in [1.807, 2.05) is 34.1 Å². The van der Waals surface area contributed by atoms with Gasteiger partial charge in [0.2, 0.25) is 0 Å². The van der Waals surface area contributed by atoms with Crippen LogP contribution in [0.3, 0.4) is 0 Å². The number of anilines is 2. The fourth-order valence-electron chi connectivity index (χ4n) is 4.95. The molecular weight excluding hydrogens is 590 g/mol. The molecule has 0 spiro atoms. The second kappa shape index (κ2) is 10.9. The summed E-state index contributed by atoms with van der Waals surface area (Å²) in [6, 6.07) is 10.4. The van der Waals surface area contributed by atoms with Gasteiger partial charge in [-0.1, -0.05) is 0 Å². The van der Waals surface area contributed by atoms with Crippen LogP contribution >= 0.6 is 11.3 Å². The van der Waals surface area contributed by atoms with Crippen LogP contribution in [0, 0.1) is 0 Å². The number of hydrogen-bond acceptors (Lipinski definition) is 8. The third-order valence-corrected chi connectivity index (χ3v) is 11.3. The van der Waals surface area contributed by atoms with E-state index < -0.39 is 27.5 Å². The number of nitrogens with zero attached hydrogens (tertiary/aromatic N) is 5. The van der Waals surface area contributed by atoms with Gasteiger partial charge in [0.1, 0.15) is 0 Å². The van der Waals surface area contributed by atoms with Crippen molar-refractivity contribution in [2.45, 2.75) is 23.7 Å². The molecule has 2 aliphatic heterocycles. The molecule has 2 atom stereocenters. The normalized spacial score (nSPS) is 18.9. The predicted molar refractivity (Wildman–Crippen MR) is 150 cm³/mol. The van der Waals surface area contributed by atoms with E-state index in [1.165, 1.54) is 17.4 Å². The number of aromatic amines is 1. The van der Waals surface area contributed by atoms with Gasteiger partial charge in [-0.05, 0) is 0 Å². The number of rotatable bonds is 5. The molecule has 13 heteroatoms. The maximum absolute atomic E-state index is 13.6. The molecule has 3 aromatic heterocycles. The van der Waals surface area contributed by atoms with Gasteiger partial charge in [0.05, 0.1) is 0 Å². The zero-order valence-electron chi connectivity index (χ0n) is 21.0. The monoisotopic (exact) mass is 617 g/mol. The minimum absolute atomic E-state index is 0.173. The molecule has 1 unspecified atom stereocenters. The molecule has 0 aliphatic carbocycles. The average molecular weight is 618 g/mol. The molecule has 4 aromatic rings. The van der Waals surface area contributed by atoms with Crippen LogP contribution in [0.4, 0.5) is 24.9 Å². The number of thiazole rings is 1. The number of benzene rings is 1. The molecule has 39 heavy (non-hydrogen) atoms. The van der Waals surface area contributed by atoms with Gasteiger partial charge in [-0.15, -0.1) is 0 Å². The Morgan fingerprint density at radius 3 is 2.51 bits per heavy atom. The van der Waals surface area contributed by atoms with Crippen LogP contribution in [0.2, 0.25) is 4.71 Å². The molecule has 2 fully saturated rings. The van der Waals surface area contributed by atoms with Crippen molar-refractivity contribution in [3.63, 3.8) is 0 Å². The summed E-state index contributed by atoms with van der Waals surface area (Å²) >= 11 is 0.796. The van der Waals surface area contributed by atoms with Gasteiger partial charge in [0.25, 0.3) is 0 Å². The van der Waals surface area contributed by atoms with Gasteiger partial charge in [0, 0.05) is 0 Å². The van der Waals surface area contributed by atoms with Gasteiger partial charge in [-0.2, -0.15) is 13.2 Å². The molecule has 0 saturated carbocycles. The number of piperidine rings is 1. The Morgan fingerprint density at radius 2 is 1.82 bits per heavy atom. The third-order valence-electron chi connectivity index (χ3n) is 7.03. The Morgan fingerprint density at radius 1 is 1.03 bits per heavy atom. The fraction of sp³-hybridized carbons (Fsp3) is 0.385. The van der Waals surface area contributed by atoms with Crippen molar-refractivity contribution in [1.29, 1.82) is 0 Å². The Bertz CT molecular complexity index is 1480.